The molecular weight excluding hydrogens is 340 g/mol. The van der Waals surface area contributed by atoms with Gasteiger partial charge in [-0.3, -0.25) is 9.69 Å². The number of anilines is 2. The van der Waals surface area contributed by atoms with Crippen molar-refractivity contribution >= 4 is 17.7 Å². The van der Waals surface area contributed by atoms with Crippen LogP contribution in [0.4, 0.5) is 11.8 Å². The summed E-state index contributed by atoms with van der Waals surface area (Å²) < 4.78 is 0. The van der Waals surface area contributed by atoms with Crippen LogP contribution in [-0.4, -0.2) is 57.8 Å². The van der Waals surface area contributed by atoms with Gasteiger partial charge in [-0.05, 0) is 50.9 Å². The number of likely N-dealkylation sites (N-methyl/N-ethyl adjacent to an activating group) is 1. The number of nitrogens with one attached hydrogen (secondary N) is 1. The highest BCUT2D eigenvalue weighted by molar-refractivity contribution is 5.77. The molecule has 3 rings (SSSR count). The van der Waals surface area contributed by atoms with Gasteiger partial charge in [-0.15, -0.1) is 0 Å². The lowest BCUT2D eigenvalue weighted by atomic mass is 9.96. The van der Waals surface area contributed by atoms with Crippen LogP contribution in [0.3, 0.4) is 0 Å². The topological polar surface area (TPSA) is 74.2 Å². The lowest BCUT2D eigenvalue weighted by Gasteiger charge is -2.35. The maximum absolute atomic E-state index is 12.1. The van der Waals surface area contributed by atoms with Gasteiger partial charge in [0.15, 0.2) is 0 Å². The van der Waals surface area contributed by atoms with Crippen molar-refractivity contribution in [3.63, 3.8) is 0 Å². The monoisotopic (exact) mass is 368 g/mol. The van der Waals surface area contributed by atoms with E-state index in [4.69, 9.17) is 0 Å². The van der Waals surface area contributed by atoms with Crippen LogP contribution >= 0.6 is 0 Å². The molecule has 3 heterocycles. The number of nitrogens with zero attached hydrogens (tertiary/aromatic N) is 5. The zero-order chi connectivity index (χ0) is 19.4. The molecule has 1 N–H and O–H groups in total. The lowest BCUT2D eigenvalue weighted by Crippen LogP contribution is -2.41. The molecule has 1 aliphatic rings. The second-order valence-electron chi connectivity index (χ2n) is 7.35. The van der Waals surface area contributed by atoms with Crippen molar-refractivity contribution in [1.29, 1.82) is 0 Å². The Morgan fingerprint density at radius 2 is 1.96 bits per heavy atom. The average Bonchev–Trinajstić information content (AvgIpc) is 2.62. The van der Waals surface area contributed by atoms with Gasteiger partial charge in [0.2, 0.25) is 11.9 Å². The Morgan fingerprint density at radius 1 is 1.22 bits per heavy atom. The van der Waals surface area contributed by atoms with Gasteiger partial charge in [-0.25, -0.2) is 15.0 Å². The molecule has 0 saturated carbocycles. The molecule has 0 aliphatic carbocycles. The molecular formula is C20H28N6O. The Kier molecular flexibility index (Phi) is 6.01. The maximum atomic E-state index is 12.1. The highest BCUT2D eigenvalue weighted by Crippen LogP contribution is 2.30. The SMILES string of the molecule is Cc1cc(C)nc(Nc2ccc([C@H]3CCCCN3CC(=O)N(C)C)cn2)n1. The molecule has 0 bridgehead atoms. The van der Waals surface area contributed by atoms with E-state index in [2.05, 4.69) is 31.2 Å². The van der Waals surface area contributed by atoms with Gasteiger partial charge in [-0.2, -0.15) is 0 Å². The van der Waals surface area contributed by atoms with E-state index in [1.807, 2.05) is 32.2 Å². The minimum Gasteiger partial charge on any atom is -0.348 e. The summed E-state index contributed by atoms with van der Waals surface area (Å²) in [4.78, 5) is 29.4. The summed E-state index contributed by atoms with van der Waals surface area (Å²) in [5.41, 5.74) is 2.99. The molecule has 27 heavy (non-hydrogen) atoms. The first-order valence-electron chi connectivity index (χ1n) is 9.42. The van der Waals surface area contributed by atoms with Gasteiger partial charge in [0, 0.05) is 37.7 Å². The van der Waals surface area contributed by atoms with Crippen molar-refractivity contribution in [3.05, 3.63) is 41.3 Å². The molecule has 0 spiro atoms. The van der Waals surface area contributed by atoms with E-state index in [9.17, 15) is 4.79 Å². The normalized spacial score (nSPS) is 17.6. The van der Waals surface area contributed by atoms with E-state index in [0.29, 0.717) is 12.5 Å². The summed E-state index contributed by atoms with van der Waals surface area (Å²) in [5, 5.41) is 3.17. The van der Waals surface area contributed by atoms with Crippen molar-refractivity contribution in [3.8, 4) is 0 Å². The van der Waals surface area contributed by atoms with Crippen molar-refractivity contribution in [2.75, 3.05) is 32.5 Å². The third kappa shape index (κ3) is 5.01. The van der Waals surface area contributed by atoms with Gasteiger partial charge in [0.05, 0.1) is 6.54 Å². The van der Waals surface area contributed by atoms with Crippen molar-refractivity contribution in [2.45, 2.75) is 39.2 Å². The molecule has 1 amide bonds. The minimum atomic E-state index is 0.139. The van der Waals surface area contributed by atoms with Crippen molar-refractivity contribution in [2.24, 2.45) is 0 Å². The minimum absolute atomic E-state index is 0.139. The molecule has 144 valence electrons. The van der Waals surface area contributed by atoms with E-state index in [1.165, 1.54) is 6.42 Å². The molecule has 7 nitrogen and oxygen atoms in total. The molecule has 1 aliphatic heterocycles. The molecule has 2 aromatic rings. The van der Waals surface area contributed by atoms with Crippen LogP contribution in [0.15, 0.2) is 24.4 Å². The van der Waals surface area contributed by atoms with Crippen LogP contribution in [0.5, 0.6) is 0 Å². The zero-order valence-electron chi connectivity index (χ0n) is 16.6. The second-order valence-corrected chi connectivity index (χ2v) is 7.35. The molecule has 0 radical (unpaired) electrons. The molecule has 0 unspecified atom stereocenters. The maximum Gasteiger partial charge on any atom is 0.236 e. The highest BCUT2D eigenvalue weighted by Gasteiger charge is 2.26. The summed E-state index contributed by atoms with van der Waals surface area (Å²) in [6.45, 7) is 5.29. The molecule has 2 aromatic heterocycles. The van der Waals surface area contributed by atoms with E-state index in [0.717, 1.165) is 42.2 Å². The van der Waals surface area contributed by atoms with Gasteiger partial charge in [-0.1, -0.05) is 12.5 Å². The Hall–Kier alpha value is -2.54. The summed E-state index contributed by atoms with van der Waals surface area (Å²) in [7, 11) is 3.61. The summed E-state index contributed by atoms with van der Waals surface area (Å²) in [6.07, 6.45) is 5.26. The van der Waals surface area contributed by atoms with Crippen LogP contribution in [0.25, 0.3) is 0 Å². The average molecular weight is 368 g/mol. The van der Waals surface area contributed by atoms with E-state index >= 15 is 0 Å². The predicted molar refractivity (Wildman–Crippen MR) is 106 cm³/mol. The first-order chi connectivity index (χ1) is 12.9. The number of hydrogen-bond donors (Lipinski definition) is 1. The standard InChI is InChI=1S/C20H28N6O/c1-14-11-15(2)23-20(22-14)24-18-9-8-16(12-21-18)17-7-5-6-10-26(17)13-19(27)25(3)4/h8-9,11-12,17H,5-7,10,13H2,1-4H3,(H,21,22,23,24)/t17-/m1/s1. The van der Waals surface area contributed by atoms with E-state index in [1.54, 1.807) is 19.0 Å². The van der Waals surface area contributed by atoms with Crippen LogP contribution in [-0.2, 0) is 4.79 Å². The first-order valence-corrected chi connectivity index (χ1v) is 9.42. The number of hydrogen-bond acceptors (Lipinski definition) is 6. The Bertz CT molecular complexity index is 769. The van der Waals surface area contributed by atoms with Crippen molar-refractivity contribution in [1.82, 2.24) is 24.8 Å². The summed E-state index contributed by atoms with van der Waals surface area (Å²) in [6, 6.07) is 6.22. The number of aryl methyl sites for hydroxylation is 2. The van der Waals surface area contributed by atoms with Crippen molar-refractivity contribution < 1.29 is 4.79 Å². The Balaban J connectivity index is 1.72. The van der Waals surface area contributed by atoms with Gasteiger partial charge in [0.25, 0.3) is 0 Å². The number of carbonyl (C=O) groups is 1. The number of pyridine rings is 1. The smallest absolute Gasteiger partial charge is 0.236 e. The zero-order valence-corrected chi connectivity index (χ0v) is 16.6. The number of rotatable bonds is 5. The predicted octanol–water partition coefficient (Wildman–Crippen LogP) is 2.85. The highest BCUT2D eigenvalue weighted by atomic mass is 16.2. The number of carbonyl (C=O) groups excluding carboxylic acids is 1. The number of aromatic nitrogens is 3. The largest absolute Gasteiger partial charge is 0.348 e. The van der Waals surface area contributed by atoms with Gasteiger partial charge >= 0.3 is 0 Å². The third-order valence-corrected chi connectivity index (χ3v) is 4.84. The van der Waals surface area contributed by atoms with Crippen LogP contribution in [0, 0.1) is 13.8 Å². The fourth-order valence-corrected chi connectivity index (χ4v) is 3.45. The lowest BCUT2D eigenvalue weighted by molar-refractivity contribution is -0.130. The van der Waals surface area contributed by atoms with Crippen LogP contribution < -0.4 is 5.32 Å². The van der Waals surface area contributed by atoms with Gasteiger partial charge < -0.3 is 10.2 Å². The van der Waals surface area contributed by atoms with E-state index < -0.39 is 0 Å². The van der Waals surface area contributed by atoms with Crippen LogP contribution in [0.1, 0.15) is 42.3 Å². The van der Waals surface area contributed by atoms with E-state index in [-0.39, 0.29) is 11.9 Å². The van der Waals surface area contributed by atoms with Gasteiger partial charge in [0.1, 0.15) is 5.82 Å². The number of likely N-dealkylation sites (tertiary alicyclic amines) is 1. The summed E-state index contributed by atoms with van der Waals surface area (Å²) >= 11 is 0. The molecule has 1 atom stereocenters. The summed E-state index contributed by atoms with van der Waals surface area (Å²) in [5.74, 6) is 1.42. The Labute approximate surface area is 160 Å². The van der Waals surface area contributed by atoms with Crippen LogP contribution in [0.2, 0.25) is 0 Å². The molecule has 1 saturated heterocycles. The number of amides is 1. The first kappa shape index (κ1) is 19.2. The second kappa shape index (κ2) is 8.43. The molecule has 1 fully saturated rings. The fraction of sp³-hybridized carbons (Fsp3) is 0.500. The fourth-order valence-electron chi connectivity index (χ4n) is 3.45. The quantitative estimate of drug-likeness (QED) is 0.875. The molecule has 7 heteroatoms. The third-order valence-electron chi connectivity index (χ3n) is 4.84. The Morgan fingerprint density at radius 3 is 2.59 bits per heavy atom. The molecule has 0 aromatic carbocycles. The number of piperidine rings is 1.